The van der Waals surface area contributed by atoms with Gasteiger partial charge in [-0.1, -0.05) is 0 Å². The topological polar surface area (TPSA) is 64.5 Å². The molecule has 1 aliphatic heterocycles. The van der Waals surface area contributed by atoms with Crippen LogP contribution in [0.2, 0.25) is 0 Å². The van der Waals surface area contributed by atoms with Gasteiger partial charge in [-0.15, -0.1) is 0 Å². The van der Waals surface area contributed by atoms with Crippen LogP contribution in [0.4, 0.5) is 4.39 Å². The number of halogens is 1. The number of carbonyl (C=O) groups excluding carboxylic acids is 1. The van der Waals surface area contributed by atoms with Crippen LogP contribution in [0.15, 0.2) is 48.8 Å². The van der Waals surface area contributed by atoms with E-state index in [1.165, 1.54) is 12.1 Å². The van der Waals surface area contributed by atoms with E-state index in [-0.39, 0.29) is 17.8 Å². The predicted octanol–water partition coefficient (Wildman–Crippen LogP) is 3.38. The van der Waals surface area contributed by atoms with E-state index >= 15 is 0 Å². The van der Waals surface area contributed by atoms with Gasteiger partial charge < -0.3 is 14.4 Å². The SMILES string of the molecule is CCOc1ncccc1C(=O)N1CCO[C@@H](c2cc3cc(F)ccc3cn2)C1. The molecule has 0 bridgehead atoms. The van der Waals surface area contributed by atoms with Crippen LogP contribution in [0.5, 0.6) is 5.88 Å². The van der Waals surface area contributed by atoms with Crippen molar-refractivity contribution in [1.82, 2.24) is 14.9 Å². The zero-order chi connectivity index (χ0) is 19.5. The van der Waals surface area contributed by atoms with E-state index in [1.807, 2.05) is 13.0 Å². The molecule has 28 heavy (non-hydrogen) atoms. The normalized spacial score (nSPS) is 16.9. The number of morpholine rings is 1. The van der Waals surface area contributed by atoms with Gasteiger partial charge in [-0.25, -0.2) is 9.37 Å². The van der Waals surface area contributed by atoms with Gasteiger partial charge in [0.15, 0.2) is 0 Å². The number of benzene rings is 1. The summed E-state index contributed by atoms with van der Waals surface area (Å²) in [6.45, 7) is 3.50. The maximum Gasteiger partial charge on any atom is 0.259 e. The van der Waals surface area contributed by atoms with E-state index in [0.717, 1.165) is 10.8 Å². The molecule has 1 aromatic carbocycles. The molecule has 6 nitrogen and oxygen atoms in total. The van der Waals surface area contributed by atoms with E-state index < -0.39 is 0 Å². The van der Waals surface area contributed by atoms with Crippen molar-refractivity contribution in [1.29, 1.82) is 0 Å². The summed E-state index contributed by atoms with van der Waals surface area (Å²) in [6.07, 6.45) is 2.92. The standard InChI is InChI=1S/C21H20FN3O3/c1-2-27-20-17(4-3-7-23-20)21(26)25-8-9-28-19(13-25)18-11-15-10-16(22)6-5-14(15)12-24-18/h3-7,10-12,19H,2,8-9,13H2,1H3/t19-/m1/s1. The summed E-state index contributed by atoms with van der Waals surface area (Å²) in [6, 6.07) is 9.81. The number of rotatable bonds is 4. The third-order valence-electron chi connectivity index (χ3n) is 4.67. The fraction of sp³-hybridized carbons (Fsp3) is 0.286. The van der Waals surface area contributed by atoms with E-state index in [2.05, 4.69) is 9.97 Å². The molecule has 0 aliphatic carbocycles. The molecule has 1 amide bonds. The fourth-order valence-electron chi connectivity index (χ4n) is 3.29. The molecule has 7 heteroatoms. The zero-order valence-corrected chi connectivity index (χ0v) is 15.5. The number of pyridine rings is 2. The maximum atomic E-state index is 13.5. The average Bonchev–Trinajstić information content (AvgIpc) is 2.73. The second kappa shape index (κ2) is 7.90. The van der Waals surface area contributed by atoms with E-state index in [0.29, 0.717) is 43.4 Å². The van der Waals surface area contributed by atoms with Gasteiger partial charge in [0.05, 0.1) is 25.5 Å². The van der Waals surface area contributed by atoms with Gasteiger partial charge >= 0.3 is 0 Å². The van der Waals surface area contributed by atoms with Crippen LogP contribution in [0, 0.1) is 5.82 Å². The molecule has 144 valence electrons. The average molecular weight is 381 g/mol. The zero-order valence-electron chi connectivity index (χ0n) is 15.5. The third-order valence-corrected chi connectivity index (χ3v) is 4.67. The van der Waals surface area contributed by atoms with Gasteiger partial charge in [-0.2, -0.15) is 0 Å². The van der Waals surface area contributed by atoms with Gasteiger partial charge in [0.25, 0.3) is 5.91 Å². The number of nitrogens with zero attached hydrogens (tertiary/aromatic N) is 3. The second-order valence-electron chi connectivity index (χ2n) is 6.50. The van der Waals surface area contributed by atoms with Crippen molar-refractivity contribution in [2.24, 2.45) is 0 Å². The van der Waals surface area contributed by atoms with Crippen LogP contribution in [-0.2, 0) is 4.74 Å². The number of ether oxygens (including phenoxy) is 2. The largest absolute Gasteiger partial charge is 0.477 e. The van der Waals surface area contributed by atoms with Gasteiger partial charge in [0.2, 0.25) is 5.88 Å². The van der Waals surface area contributed by atoms with Crippen LogP contribution in [0.3, 0.4) is 0 Å². The molecule has 1 aliphatic rings. The summed E-state index contributed by atoms with van der Waals surface area (Å²) in [4.78, 5) is 23.3. The molecule has 4 rings (SSSR count). The first-order valence-corrected chi connectivity index (χ1v) is 9.19. The molecular weight excluding hydrogens is 361 g/mol. The van der Waals surface area contributed by atoms with Crippen molar-refractivity contribution in [3.63, 3.8) is 0 Å². The lowest BCUT2D eigenvalue weighted by atomic mass is 10.1. The summed E-state index contributed by atoms with van der Waals surface area (Å²) in [7, 11) is 0. The molecule has 2 aromatic heterocycles. The highest BCUT2D eigenvalue weighted by atomic mass is 19.1. The quantitative estimate of drug-likeness (QED) is 0.693. The molecular formula is C21H20FN3O3. The number of amides is 1. The van der Waals surface area contributed by atoms with Crippen molar-refractivity contribution in [3.8, 4) is 5.88 Å². The van der Waals surface area contributed by atoms with E-state index in [4.69, 9.17) is 9.47 Å². The molecule has 0 unspecified atom stereocenters. The highest BCUT2D eigenvalue weighted by molar-refractivity contribution is 5.96. The van der Waals surface area contributed by atoms with Crippen molar-refractivity contribution in [3.05, 3.63) is 65.9 Å². The summed E-state index contributed by atoms with van der Waals surface area (Å²) >= 11 is 0. The highest BCUT2D eigenvalue weighted by Crippen LogP contribution is 2.26. The lowest BCUT2D eigenvalue weighted by molar-refractivity contribution is -0.0247. The Balaban J connectivity index is 1.57. The molecule has 0 N–H and O–H groups in total. The minimum absolute atomic E-state index is 0.156. The van der Waals surface area contributed by atoms with Gasteiger partial charge in [-0.3, -0.25) is 9.78 Å². The van der Waals surface area contributed by atoms with Crippen molar-refractivity contribution < 1.29 is 18.7 Å². The van der Waals surface area contributed by atoms with E-state index in [9.17, 15) is 9.18 Å². The minimum Gasteiger partial charge on any atom is -0.477 e. The molecule has 0 radical (unpaired) electrons. The van der Waals surface area contributed by atoms with Gasteiger partial charge in [0.1, 0.15) is 17.5 Å². The Labute approximate surface area is 161 Å². The molecule has 3 heterocycles. The summed E-state index contributed by atoms with van der Waals surface area (Å²) in [5.41, 5.74) is 1.10. The van der Waals surface area contributed by atoms with Crippen molar-refractivity contribution in [2.45, 2.75) is 13.0 Å². The van der Waals surface area contributed by atoms with Gasteiger partial charge in [0, 0.05) is 24.3 Å². The van der Waals surface area contributed by atoms with Crippen LogP contribution in [-0.4, -0.2) is 47.1 Å². The third kappa shape index (κ3) is 3.66. The Morgan fingerprint density at radius 2 is 2.18 bits per heavy atom. The Hall–Kier alpha value is -3.06. The first-order chi connectivity index (χ1) is 13.7. The Morgan fingerprint density at radius 3 is 3.04 bits per heavy atom. The maximum absolute atomic E-state index is 13.5. The molecule has 3 aromatic rings. The predicted molar refractivity (Wildman–Crippen MR) is 102 cm³/mol. The Kier molecular flexibility index (Phi) is 5.16. The summed E-state index contributed by atoms with van der Waals surface area (Å²) in [5, 5.41) is 1.61. The lowest BCUT2D eigenvalue weighted by Gasteiger charge is -2.33. The highest BCUT2D eigenvalue weighted by Gasteiger charge is 2.28. The first-order valence-electron chi connectivity index (χ1n) is 9.19. The van der Waals surface area contributed by atoms with Crippen LogP contribution < -0.4 is 4.74 Å². The Bertz CT molecular complexity index is 1010. The summed E-state index contributed by atoms with van der Waals surface area (Å²) < 4.78 is 24.9. The van der Waals surface area contributed by atoms with Crippen molar-refractivity contribution in [2.75, 3.05) is 26.3 Å². The van der Waals surface area contributed by atoms with Crippen LogP contribution in [0.25, 0.3) is 10.8 Å². The Morgan fingerprint density at radius 1 is 1.29 bits per heavy atom. The smallest absolute Gasteiger partial charge is 0.259 e. The number of aromatic nitrogens is 2. The lowest BCUT2D eigenvalue weighted by Crippen LogP contribution is -2.42. The number of hydrogen-bond donors (Lipinski definition) is 0. The molecule has 1 atom stereocenters. The van der Waals surface area contributed by atoms with Gasteiger partial charge in [-0.05, 0) is 48.7 Å². The van der Waals surface area contributed by atoms with Crippen LogP contribution in [0.1, 0.15) is 29.1 Å². The van der Waals surface area contributed by atoms with E-state index in [1.54, 1.807) is 35.5 Å². The monoisotopic (exact) mass is 381 g/mol. The first kappa shape index (κ1) is 18.3. The summed E-state index contributed by atoms with van der Waals surface area (Å²) in [5.74, 6) is -0.125. The second-order valence-corrected chi connectivity index (χ2v) is 6.50. The van der Waals surface area contributed by atoms with Crippen molar-refractivity contribution >= 4 is 16.7 Å². The molecule has 0 saturated carbocycles. The minimum atomic E-state index is -0.377. The number of hydrogen-bond acceptors (Lipinski definition) is 5. The molecule has 1 saturated heterocycles. The fourth-order valence-corrected chi connectivity index (χ4v) is 3.29. The number of carbonyl (C=O) groups is 1. The molecule has 1 fully saturated rings. The number of fused-ring (bicyclic) bond motifs is 1. The molecule has 0 spiro atoms. The van der Waals surface area contributed by atoms with Crippen LogP contribution >= 0.6 is 0 Å².